The van der Waals surface area contributed by atoms with Gasteiger partial charge in [-0.05, 0) is 24.6 Å². The van der Waals surface area contributed by atoms with Gasteiger partial charge in [-0.15, -0.1) is 0 Å². The van der Waals surface area contributed by atoms with E-state index in [2.05, 4.69) is 17.2 Å². The Morgan fingerprint density at radius 1 is 0.857 bits per heavy atom. The highest BCUT2D eigenvalue weighted by molar-refractivity contribution is 6.74. The van der Waals surface area contributed by atoms with E-state index in [0.29, 0.717) is 6.61 Å². The molecular weight excluding hydrogens is 288 g/mol. The van der Waals surface area contributed by atoms with E-state index >= 15 is 0 Å². The molecule has 7 heteroatoms. The molecule has 0 N–H and O–H groups in total. The molecule has 0 saturated carbocycles. The fourth-order valence-electron chi connectivity index (χ4n) is 1.97. The van der Waals surface area contributed by atoms with Gasteiger partial charge >= 0.3 is 12.2 Å². The van der Waals surface area contributed by atoms with Crippen LogP contribution in [0.15, 0.2) is 10.2 Å². The number of nitrogens with zero attached hydrogens (tertiary/aromatic N) is 2. The van der Waals surface area contributed by atoms with Crippen LogP contribution in [-0.2, 0) is 9.16 Å². The van der Waals surface area contributed by atoms with Crippen LogP contribution in [-0.4, -0.2) is 27.1 Å². The summed E-state index contributed by atoms with van der Waals surface area (Å²) < 4.78 is 10.3. The van der Waals surface area contributed by atoms with Crippen molar-refractivity contribution in [2.45, 2.75) is 71.5 Å². The van der Waals surface area contributed by atoms with E-state index in [1.54, 1.807) is 0 Å². The quantitative estimate of drug-likeness (QED) is 0.328. The second-order valence-corrected chi connectivity index (χ2v) is 9.68. The highest BCUT2D eigenvalue weighted by atomic mass is 28.4. The predicted octanol–water partition coefficient (Wildman–Crippen LogP) is 5.30. The molecule has 0 aliphatic rings. The summed E-state index contributed by atoms with van der Waals surface area (Å²) in [4.78, 5) is 22.9. The SMILES string of the molecule is CCCCCCOC(=O)N=NC(=O)O[Si](CC)(CC)CC. The summed E-state index contributed by atoms with van der Waals surface area (Å²) in [6.07, 6.45) is 2.44. The zero-order valence-electron chi connectivity index (χ0n) is 13.7. The molecule has 6 nitrogen and oxygen atoms in total. The van der Waals surface area contributed by atoms with Gasteiger partial charge in [0.2, 0.25) is 0 Å². The van der Waals surface area contributed by atoms with Crippen LogP contribution in [0.4, 0.5) is 9.59 Å². The number of amides is 2. The van der Waals surface area contributed by atoms with Crippen LogP contribution in [0.3, 0.4) is 0 Å². The molecule has 0 aromatic heterocycles. The molecular formula is C14H28N2O4Si. The van der Waals surface area contributed by atoms with Crippen molar-refractivity contribution in [2.75, 3.05) is 6.61 Å². The molecule has 0 atom stereocenters. The maximum atomic E-state index is 11.6. The molecule has 0 aromatic rings. The summed E-state index contributed by atoms with van der Waals surface area (Å²) >= 11 is 0. The molecule has 2 amide bonds. The molecule has 0 aromatic carbocycles. The zero-order chi connectivity index (χ0) is 16.1. The first-order chi connectivity index (χ1) is 10.0. The number of hydrogen-bond acceptors (Lipinski definition) is 4. The second-order valence-electron chi connectivity index (χ2n) is 4.99. The van der Waals surface area contributed by atoms with E-state index in [1.165, 1.54) is 0 Å². The number of rotatable bonds is 9. The van der Waals surface area contributed by atoms with Crippen LogP contribution in [0.1, 0.15) is 53.4 Å². The zero-order valence-corrected chi connectivity index (χ0v) is 14.7. The molecule has 21 heavy (non-hydrogen) atoms. The van der Waals surface area contributed by atoms with E-state index in [-0.39, 0.29) is 0 Å². The monoisotopic (exact) mass is 316 g/mol. The van der Waals surface area contributed by atoms with E-state index in [9.17, 15) is 9.59 Å². The van der Waals surface area contributed by atoms with E-state index in [0.717, 1.165) is 43.8 Å². The van der Waals surface area contributed by atoms with Crippen molar-refractivity contribution in [2.24, 2.45) is 10.2 Å². The topological polar surface area (TPSA) is 77.3 Å². The Bertz CT molecular complexity index is 336. The van der Waals surface area contributed by atoms with Crippen molar-refractivity contribution in [3.05, 3.63) is 0 Å². The molecule has 0 bridgehead atoms. The van der Waals surface area contributed by atoms with Crippen LogP contribution in [0.2, 0.25) is 18.1 Å². The Hall–Kier alpha value is -1.24. The van der Waals surface area contributed by atoms with Gasteiger partial charge in [-0.3, -0.25) is 0 Å². The summed E-state index contributed by atoms with van der Waals surface area (Å²) in [6, 6.07) is 2.51. The molecule has 0 aliphatic heterocycles. The van der Waals surface area contributed by atoms with Crippen molar-refractivity contribution in [3.63, 3.8) is 0 Å². The largest absolute Gasteiger partial charge is 0.501 e. The van der Waals surface area contributed by atoms with E-state index in [4.69, 9.17) is 9.16 Å². The van der Waals surface area contributed by atoms with Crippen LogP contribution in [0, 0.1) is 0 Å². The van der Waals surface area contributed by atoms with Crippen molar-refractivity contribution in [3.8, 4) is 0 Å². The number of carbonyl (C=O) groups is 2. The van der Waals surface area contributed by atoms with Gasteiger partial charge in [-0.2, -0.15) is 0 Å². The molecule has 0 saturated heterocycles. The minimum absolute atomic E-state index is 0.310. The highest BCUT2D eigenvalue weighted by Crippen LogP contribution is 2.22. The Kier molecular flexibility index (Phi) is 10.7. The second kappa shape index (κ2) is 11.4. The summed E-state index contributed by atoms with van der Waals surface area (Å²) in [7, 11) is -2.05. The van der Waals surface area contributed by atoms with Crippen LogP contribution in [0.5, 0.6) is 0 Å². The average molecular weight is 316 g/mol. The summed E-state index contributed by atoms with van der Waals surface area (Å²) in [5, 5.41) is 6.53. The first-order valence-corrected chi connectivity index (χ1v) is 10.4. The molecule has 0 spiro atoms. The average Bonchev–Trinajstić information content (AvgIpc) is 2.50. The van der Waals surface area contributed by atoms with Crippen molar-refractivity contribution >= 4 is 20.5 Å². The Labute approximate surface area is 128 Å². The van der Waals surface area contributed by atoms with Crippen LogP contribution in [0.25, 0.3) is 0 Å². The van der Waals surface area contributed by atoms with Gasteiger partial charge in [0.15, 0.2) is 0 Å². The third kappa shape index (κ3) is 8.59. The fourth-order valence-corrected chi connectivity index (χ4v) is 4.32. The smallest absolute Gasteiger partial charge is 0.452 e. The van der Waals surface area contributed by atoms with Gasteiger partial charge in [0.05, 0.1) is 6.61 Å². The molecule has 0 radical (unpaired) electrons. The normalized spacial score (nSPS) is 11.6. The predicted molar refractivity (Wildman–Crippen MR) is 84.0 cm³/mol. The molecule has 0 rings (SSSR count). The fraction of sp³-hybridized carbons (Fsp3) is 0.857. The Morgan fingerprint density at radius 3 is 1.95 bits per heavy atom. The minimum Gasteiger partial charge on any atom is -0.501 e. The summed E-state index contributed by atoms with van der Waals surface area (Å²) in [5.41, 5.74) is 0. The maximum Gasteiger partial charge on any atom is 0.452 e. The van der Waals surface area contributed by atoms with E-state index < -0.39 is 20.5 Å². The van der Waals surface area contributed by atoms with Gasteiger partial charge in [-0.25, -0.2) is 9.59 Å². The summed E-state index contributed by atoms with van der Waals surface area (Å²) in [6.45, 7) is 8.44. The molecule has 122 valence electrons. The third-order valence-corrected chi connectivity index (χ3v) is 8.15. The number of azo groups is 1. The third-order valence-electron chi connectivity index (χ3n) is 3.67. The first kappa shape index (κ1) is 19.8. The lowest BCUT2D eigenvalue weighted by Gasteiger charge is -2.25. The Morgan fingerprint density at radius 2 is 1.43 bits per heavy atom. The molecule has 0 unspecified atom stereocenters. The Balaban J connectivity index is 4.10. The first-order valence-electron chi connectivity index (χ1n) is 7.85. The van der Waals surface area contributed by atoms with Gasteiger partial charge in [0.1, 0.15) is 0 Å². The van der Waals surface area contributed by atoms with Crippen LogP contribution >= 0.6 is 0 Å². The number of carbonyl (C=O) groups excluding carboxylic acids is 2. The lowest BCUT2D eigenvalue weighted by molar-refractivity contribution is 0.151. The number of hydrogen-bond donors (Lipinski definition) is 0. The lowest BCUT2D eigenvalue weighted by Crippen LogP contribution is -2.37. The molecule has 0 heterocycles. The van der Waals surface area contributed by atoms with Crippen molar-refractivity contribution in [1.82, 2.24) is 0 Å². The maximum absolute atomic E-state index is 11.6. The lowest BCUT2D eigenvalue weighted by atomic mass is 10.2. The molecule has 0 fully saturated rings. The van der Waals surface area contributed by atoms with Gasteiger partial charge < -0.3 is 9.16 Å². The van der Waals surface area contributed by atoms with Gasteiger partial charge in [-0.1, -0.05) is 57.2 Å². The summed E-state index contributed by atoms with van der Waals surface area (Å²) in [5.74, 6) is 0. The van der Waals surface area contributed by atoms with Gasteiger partial charge in [0, 0.05) is 0 Å². The number of unbranched alkanes of at least 4 members (excludes halogenated alkanes) is 3. The van der Waals surface area contributed by atoms with Gasteiger partial charge in [0.25, 0.3) is 8.32 Å². The highest BCUT2D eigenvalue weighted by Gasteiger charge is 2.32. The number of ether oxygens (including phenoxy) is 1. The van der Waals surface area contributed by atoms with E-state index in [1.807, 2.05) is 20.8 Å². The van der Waals surface area contributed by atoms with Crippen LogP contribution < -0.4 is 0 Å². The minimum atomic E-state index is -2.05. The van der Waals surface area contributed by atoms with Crippen molar-refractivity contribution in [1.29, 1.82) is 0 Å². The molecule has 0 aliphatic carbocycles. The van der Waals surface area contributed by atoms with Crippen molar-refractivity contribution < 1.29 is 18.8 Å². The standard InChI is InChI=1S/C14H28N2O4Si/c1-5-9-10-11-12-19-13(17)15-16-14(18)20-21(6-2,7-3)8-4/h5-12H2,1-4H3.